The number of rotatable bonds is 6. The molecule has 0 aliphatic heterocycles. The smallest absolute Gasteiger partial charge is 0.244 e. The zero-order valence-corrected chi connectivity index (χ0v) is 18.5. The third-order valence-electron chi connectivity index (χ3n) is 4.81. The Bertz CT molecular complexity index is 963. The summed E-state index contributed by atoms with van der Waals surface area (Å²) < 4.78 is 26.2. The molecule has 0 spiro atoms. The van der Waals surface area contributed by atoms with Gasteiger partial charge < -0.3 is 5.32 Å². The second-order valence-corrected chi connectivity index (χ2v) is 9.53. The van der Waals surface area contributed by atoms with E-state index in [1.54, 1.807) is 19.1 Å². The zero-order valence-electron chi connectivity index (χ0n) is 17.7. The van der Waals surface area contributed by atoms with Crippen LogP contribution < -0.4 is 9.62 Å². The van der Waals surface area contributed by atoms with Gasteiger partial charge in [0, 0.05) is 0 Å². The van der Waals surface area contributed by atoms with Gasteiger partial charge in [-0.2, -0.15) is 0 Å². The molecule has 0 fully saturated rings. The summed E-state index contributed by atoms with van der Waals surface area (Å²) in [5.41, 5.74) is 5.61. The van der Waals surface area contributed by atoms with E-state index in [-0.39, 0.29) is 11.9 Å². The maximum absolute atomic E-state index is 12.9. The first-order chi connectivity index (χ1) is 12.9. The molecule has 1 N–H and O–H groups in total. The third-order valence-corrected chi connectivity index (χ3v) is 6.05. The quantitative estimate of drug-likeness (QED) is 0.795. The molecule has 0 bridgehead atoms. The van der Waals surface area contributed by atoms with Crippen molar-refractivity contribution >= 4 is 21.6 Å². The third kappa shape index (κ3) is 5.13. The first-order valence-electron chi connectivity index (χ1n) is 9.35. The molecule has 0 aromatic heterocycles. The van der Waals surface area contributed by atoms with E-state index < -0.39 is 16.1 Å². The van der Waals surface area contributed by atoms with Crippen molar-refractivity contribution in [3.05, 3.63) is 64.2 Å². The van der Waals surface area contributed by atoms with E-state index in [4.69, 9.17) is 0 Å². The number of aryl methyl sites for hydroxylation is 4. The lowest BCUT2D eigenvalue weighted by atomic mass is 10.00. The monoisotopic (exact) mass is 402 g/mol. The minimum Gasteiger partial charge on any atom is -0.348 e. The fourth-order valence-electron chi connectivity index (χ4n) is 3.52. The zero-order chi connectivity index (χ0) is 21.2. The molecule has 0 saturated carbocycles. The SMILES string of the molecule is Cc1cc(C)cc(N([C@H](C)C(=O)N[C@@H](C)c2cc(C)ccc2C)S(C)(=O)=O)c1. The summed E-state index contributed by atoms with van der Waals surface area (Å²) in [6.45, 7) is 11.3. The van der Waals surface area contributed by atoms with Crippen LogP contribution in [0.5, 0.6) is 0 Å². The van der Waals surface area contributed by atoms with Gasteiger partial charge >= 0.3 is 0 Å². The van der Waals surface area contributed by atoms with Crippen LogP contribution in [0.1, 0.15) is 47.7 Å². The number of nitrogens with one attached hydrogen (secondary N) is 1. The predicted molar refractivity (Wildman–Crippen MR) is 115 cm³/mol. The lowest BCUT2D eigenvalue weighted by Crippen LogP contribution is -2.48. The molecular formula is C22H30N2O3S. The molecule has 2 aromatic rings. The van der Waals surface area contributed by atoms with Gasteiger partial charge in [0.05, 0.1) is 18.0 Å². The van der Waals surface area contributed by atoms with Crippen molar-refractivity contribution in [3.63, 3.8) is 0 Å². The van der Waals surface area contributed by atoms with Crippen LogP contribution in [0.2, 0.25) is 0 Å². The molecule has 2 atom stereocenters. The van der Waals surface area contributed by atoms with Gasteiger partial charge in [0.25, 0.3) is 0 Å². The van der Waals surface area contributed by atoms with E-state index in [9.17, 15) is 13.2 Å². The number of sulfonamides is 1. The Morgan fingerprint density at radius 1 is 0.929 bits per heavy atom. The van der Waals surface area contributed by atoms with Crippen LogP contribution >= 0.6 is 0 Å². The highest BCUT2D eigenvalue weighted by atomic mass is 32.2. The largest absolute Gasteiger partial charge is 0.348 e. The molecule has 0 aliphatic rings. The number of benzene rings is 2. The van der Waals surface area contributed by atoms with Crippen LogP contribution in [0.3, 0.4) is 0 Å². The van der Waals surface area contributed by atoms with Crippen molar-refractivity contribution in [2.24, 2.45) is 0 Å². The number of carbonyl (C=O) groups excluding carboxylic acids is 1. The van der Waals surface area contributed by atoms with E-state index in [0.717, 1.165) is 34.1 Å². The highest BCUT2D eigenvalue weighted by Crippen LogP contribution is 2.25. The second-order valence-electron chi connectivity index (χ2n) is 7.67. The van der Waals surface area contributed by atoms with Crippen LogP contribution in [0.4, 0.5) is 5.69 Å². The summed E-state index contributed by atoms with van der Waals surface area (Å²) in [5, 5.41) is 2.97. The van der Waals surface area contributed by atoms with Crippen molar-refractivity contribution in [2.75, 3.05) is 10.6 Å². The normalized spacial score (nSPS) is 13.7. The lowest BCUT2D eigenvalue weighted by Gasteiger charge is -2.30. The van der Waals surface area contributed by atoms with Gasteiger partial charge in [0.1, 0.15) is 6.04 Å². The molecule has 5 nitrogen and oxygen atoms in total. The van der Waals surface area contributed by atoms with E-state index in [0.29, 0.717) is 5.69 Å². The van der Waals surface area contributed by atoms with Gasteiger partial charge in [-0.05, 0) is 75.9 Å². The Kier molecular flexibility index (Phi) is 6.55. The van der Waals surface area contributed by atoms with Gasteiger partial charge in [-0.1, -0.05) is 29.8 Å². The van der Waals surface area contributed by atoms with Gasteiger partial charge in [0.15, 0.2) is 0 Å². The Hall–Kier alpha value is -2.34. The number of anilines is 1. The fourth-order valence-corrected chi connectivity index (χ4v) is 4.68. The molecule has 6 heteroatoms. The number of carbonyl (C=O) groups is 1. The van der Waals surface area contributed by atoms with E-state index in [1.807, 2.05) is 58.9 Å². The van der Waals surface area contributed by atoms with Crippen LogP contribution in [-0.4, -0.2) is 26.6 Å². The van der Waals surface area contributed by atoms with Crippen molar-refractivity contribution in [1.82, 2.24) is 5.32 Å². The Morgan fingerprint density at radius 3 is 2.04 bits per heavy atom. The maximum atomic E-state index is 12.9. The van der Waals surface area contributed by atoms with Gasteiger partial charge in [-0.25, -0.2) is 8.42 Å². The van der Waals surface area contributed by atoms with Crippen molar-refractivity contribution in [2.45, 2.75) is 53.6 Å². The topological polar surface area (TPSA) is 66.5 Å². The Morgan fingerprint density at radius 2 is 1.50 bits per heavy atom. The number of nitrogens with zero attached hydrogens (tertiary/aromatic N) is 1. The summed E-state index contributed by atoms with van der Waals surface area (Å²) in [6, 6.07) is 10.5. The molecule has 0 saturated heterocycles. The first-order valence-corrected chi connectivity index (χ1v) is 11.2. The van der Waals surface area contributed by atoms with Crippen molar-refractivity contribution < 1.29 is 13.2 Å². The van der Waals surface area contributed by atoms with Crippen LogP contribution in [0.25, 0.3) is 0 Å². The average molecular weight is 403 g/mol. The van der Waals surface area contributed by atoms with Gasteiger partial charge in [-0.3, -0.25) is 9.10 Å². The summed E-state index contributed by atoms with van der Waals surface area (Å²) >= 11 is 0. The van der Waals surface area contributed by atoms with Crippen LogP contribution in [-0.2, 0) is 14.8 Å². The number of amides is 1. The molecule has 1 amide bonds. The second kappa shape index (κ2) is 8.35. The van der Waals surface area contributed by atoms with Crippen molar-refractivity contribution in [1.29, 1.82) is 0 Å². The van der Waals surface area contributed by atoms with Crippen molar-refractivity contribution in [3.8, 4) is 0 Å². The molecule has 2 aromatic carbocycles. The first kappa shape index (κ1) is 22.0. The molecule has 0 heterocycles. The average Bonchev–Trinajstić information content (AvgIpc) is 2.54. The molecule has 2 rings (SSSR count). The predicted octanol–water partition coefficient (Wildman–Crippen LogP) is 3.95. The standard InChI is InChI=1S/C22H30N2O3S/c1-14-8-9-17(4)21(13-14)18(5)23-22(25)19(6)24(28(7,26)27)20-11-15(2)10-16(3)12-20/h8-13,18-19H,1-7H3,(H,23,25)/t18-,19+/m0/s1. The highest BCUT2D eigenvalue weighted by Gasteiger charge is 2.30. The molecular weight excluding hydrogens is 372 g/mol. The summed E-state index contributed by atoms with van der Waals surface area (Å²) in [7, 11) is -3.64. The number of hydrogen-bond donors (Lipinski definition) is 1. The van der Waals surface area contributed by atoms with E-state index in [2.05, 4.69) is 5.32 Å². The fraction of sp³-hybridized carbons (Fsp3) is 0.409. The summed E-state index contributed by atoms with van der Waals surface area (Å²) in [5.74, 6) is -0.335. The Labute approximate surface area is 168 Å². The minimum absolute atomic E-state index is 0.226. The maximum Gasteiger partial charge on any atom is 0.244 e. The number of hydrogen-bond acceptors (Lipinski definition) is 3. The lowest BCUT2D eigenvalue weighted by molar-refractivity contribution is -0.122. The molecule has 152 valence electrons. The molecule has 28 heavy (non-hydrogen) atoms. The van der Waals surface area contributed by atoms with Gasteiger partial charge in [0.2, 0.25) is 15.9 Å². The molecule has 0 aliphatic carbocycles. The summed E-state index contributed by atoms with van der Waals surface area (Å²) in [6.07, 6.45) is 1.13. The minimum atomic E-state index is -3.64. The highest BCUT2D eigenvalue weighted by molar-refractivity contribution is 7.92. The van der Waals surface area contributed by atoms with Crippen LogP contribution in [0, 0.1) is 27.7 Å². The van der Waals surface area contributed by atoms with Gasteiger partial charge in [-0.15, -0.1) is 0 Å². The Balaban J connectivity index is 2.32. The van der Waals surface area contributed by atoms with E-state index in [1.165, 1.54) is 4.31 Å². The van der Waals surface area contributed by atoms with E-state index >= 15 is 0 Å². The molecule has 0 unspecified atom stereocenters. The van der Waals surface area contributed by atoms with Crippen LogP contribution in [0.15, 0.2) is 36.4 Å². The summed E-state index contributed by atoms with van der Waals surface area (Å²) in [4.78, 5) is 12.9. The molecule has 0 radical (unpaired) electrons.